The van der Waals surface area contributed by atoms with Crippen LogP contribution < -0.4 is 0 Å². The van der Waals surface area contributed by atoms with Crippen LogP contribution in [0, 0.1) is 12.8 Å². The van der Waals surface area contributed by atoms with Gasteiger partial charge in [-0.25, -0.2) is 0 Å². The summed E-state index contributed by atoms with van der Waals surface area (Å²) < 4.78 is 0. The molecular weight excluding hydrogens is 302 g/mol. The van der Waals surface area contributed by atoms with E-state index in [4.69, 9.17) is 0 Å². The lowest BCUT2D eigenvalue weighted by Crippen LogP contribution is -2.31. The summed E-state index contributed by atoms with van der Waals surface area (Å²) in [4.78, 5) is 25.9. The second kappa shape index (κ2) is 6.87. The molecule has 4 heteroatoms. The average molecular weight is 323 g/mol. The molecule has 0 aliphatic carbocycles. The standard InChI is InChI=1S/C20H21NO3/c1-14-7-9-15(10-8-14)11-19(22)21-12-17(18(13-21)20(23)24)16-5-3-2-4-6-16/h2-10,17-18H,11-13H2,1H3,(H,23,24). The number of aryl methyl sites for hydroxylation is 1. The number of carboxylic acid groups (broad SMARTS) is 1. The van der Waals surface area contributed by atoms with Crippen LogP contribution in [-0.2, 0) is 16.0 Å². The summed E-state index contributed by atoms with van der Waals surface area (Å²) in [5, 5.41) is 9.53. The number of nitrogens with zero attached hydrogens (tertiary/aromatic N) is 1. The Morgan fingerprint density at radius 1 is 1.04 bits per heavy atom. The first kappa shape index (κ1) is 16.2. The number of carboxylic acids is 1. The molecule has 2 atom stereocenters. The minimum atomic E-state index is -0.838. The number of carbonyl (C=O) groups excluding carboxylic acids is 1. The van der Waals surface area contributed by atoms with Crippen LogP contribution >= 0.6 is 0 Å². The second-order valence-electron chi connectivity index (χ2n) is 6.42. The van der Waals surface area contributed by atoms with Crippen molar-refractivity contribution in [1.29, 1.82) is 0 Å². The molecule has 124 valence electrons. The van der Waals surface area contributed by atoms with Crippen molar-refractivity contribution in [2.24, 2.45) is 5.92 Å². The summed E-state index contributed by atoms with van der Waals surface area (Å²) in [6.45, 7) is 2.75. The van der Waals surface area contributed by atoms with Gasteiger partial charge in [0.25, 0.3) is 0 Å². The third kappa shape index (κ3) is 3.48. The summed E-state index contributed by atoms with van der Waals surface area (Å²) >= 11 is 0. The van der Waals surface area contributed by atoms with Crippen molar-refractivity contribution in [3.05, 3.63) is 71.3 Å². The predicted molar refractivity (Wildman–Crippen MR) is 91.8 cm³/mol. The molecule has 0 saturated carbocycles. The number of hydrogen-bond acceptors (Lipinski definition) is 2. The molecule has 1 aliphatic heterocycles. The van der Waals surface area contributed by atoms with Gasteiger partial charge in [0.2, 0.25) is 5.91 Å². The smallest absolute Gasteiger partial charge is 0.308 e. The maximum atomic E-state index is 12.6. The molecular formula is C20H21NO3. The monoisotopic (exact) mass is 323 g/mol. The molecule has 1 heterocycles. The highest BCUT2D eigenvalue weighted by molar-refractivity contribution is 5.81. The lowest BCUT2D eigenvalue weighted by Gasteiger charge is -2.16. The molecule has 1 aliphatic rings. The summed E-state index contributed by atoms with van der Waals surface area (Å²) in [6.07, 6.45) is 0.314. The van der Waals surface area contributed by atoms with Gasteiger partial charge in [-0.15, -0.1) is 0 Å². The van der Waals surface area contributed by atoms with Crippen LogP contribution in [0.4, 0.5) is 0 Å². The maximum Gasteiger partial charge on any atom is 0.308 e. The van der Waals surface area contributed by atoms with Crippen LogP contribution in [0.1, 0.15) is 22.6 Å². The summed E-state index contributed by atoms with van der Waals surface area (Å²) in [6, 6.07) is 17.5. The minimum absolute atomic E-state index is 0.0106. The SMILES string of the molecule is Cc1ccc(CC(=O)N2CC(C(=O)O)C(c3ccccc3)C2)cc1. The van der Waals surface area contributed by atoms with E-state index in [1.165, 1.54) is 0 Å². The van der Waals surface area contributed by atoms with Gasteiger partial charge >= 0.3 is 5.97 Å². The first-order chi connectivity index (χ1) is 11.5. The van der Waals surface area contributed by atoms with Crippen LogP contribution in [0.25, 0.3) is 0 Å². The van der Waals surface area contributed by atoms with E-state index >= 15 is 0 Å². The number of benzene rings is 2. The van der Waals surface area contributed by atoms with E-state index in [1.807, 2.05) is 61.5 Å². The second-order valence-corrected chi connectivity index (χ2v) is 6.42. The molecule has 0 radical (unpaired) electrons. The van der Waals surface area contributed by atoms with Gasteiger partial charge in [-0.1, -0.05) is 60.2 Å². The molecule has 1 amide bonds. The number of hydrogen-bond donors (Lipinski definition) is 1. The predicted octanol–water partition coefficient (Wildman–Crippen LogP) is 2.86. The topological polar surface area (TPSA) is 57.6 Å². The molecule has 0 spiro atoms. The molecule has 2 aromatic rings. The van der Waals surface area contributed by atoms with E-state index < -0.39 is 11.9 Å². The summed E-state index contributed by atoms with van der Waals surface area (Å²) in [7, 11) is 0. The quantitative estimate of drug-likeness (QED) is 0.941. The lowest BCUT2D eigenvalue weighted by molar-refractivity contribution is -0.141. The van der Waals surface area contributed by atoms with Gasteiger partial charge < -0.3 is 10.0 Å². The van der Waals surface area contributed by atoms with Gasteiger partial charge in [0.15, 0.2) is 0 Å². The third-order valence-electron chi connectivity index (χ3n) is 4.69. The average Bonchev–Trinajstić information content (AvgIpc) is 3.03. The number of aliphatic carboxylic acids is 1. The fourth-order valence-corrected chi connectivity index (χ4v) is 3.29. The van der Waals surface area contributed by atoms with E-state index in [0.29, 0.717) is 13.0 Å². The Balaban J connectivity index is 1.74. The molecule has 0 aromatic heterocycles. The van der Waals surface area contributed by atoms with Crippen molar-refractivity contribution < 1.29 is 14.7 Å². The largest absolute Gasteiger partial charge is 0.481 e. The van der Waals surface area contributed by atoms with E-state index in [1.54, 1.807) is 4.90 Å². The van der Waals surface area contributed by atoms with Crippen LogP contribution in [0.15, 0.2) is 54.6 Å². The normalized spacial score (nSPS) is 20.1. The Morgan fingerprint density at radius 2 is 1.71 bits per heavy atom. The number of amides is 1. The van der Waals surface area contributed by atoms with E-state index in [0.717, 1.165) is 16.7 Å². The fraction of sp³-hybridized carbons (Fsp3) is 0.300. The highest BCUT2D eigenvalue weighted by Gasteiger charge is 2.40. The summed E-state index contributed by atoms with van der Waals surface area (Å²) in [5.74, 6) is -1.54. The van der Waals surface area contributed by atoms with Gasteiger partial charge in [-0.3, -0.25) is 9.59 Å². The lowest BCUT2D eigenvalue weighted by atomic mass is 9.89. The van der Waals surface area contributed by atoms with Crippen molar-refractivity contribution in [1.82, 2.24) is 4.90 Å². The van der Waals surface area contributed by atoms with Crippen molar-refractivity contribution in [2.45, 2.75) is 19.3 Å². The first-order valence-corrected chi connectivity index (χ1v) is 8.15. The molecule has 3 rings (SSSR count). The number of likely N-dealkylation sites (tertiary alicyclic amines) is 1. The molecule has 4 nitrogen and oxygen atoms in total. The van der Waals surface area contributed by atoms with E-state index in [-0.39, 0.29) is 18.4 Å². The molecule has 1 saturated heterocycles. The van der Waals surface area contributed by atoms with Crippen LogP contribution in [0.3, 0.4) is 0 Å². The van der Waals surface area contributed by atoms with Gasteiger partial charge in [-0.05, 0) is 18.1 Å². The van der Waals surface area contributed by atoms with Crippen molar-refractivity contribution in [2.75, 3.05) is 13.1 Å². The fourth-order valence-electron chi connectivity index (χ4n) is 3.29. The van der Waals surface area contributed by atoms with Crippen molar-refractivity contribution in [3.8, 4) is 0 Å². The molecule has 1 N–H and O–H groups in total. The Bertz CT molecular complexity index is 724. The summed E-state index contributed by atoms with van der Waals surface area (Å²) in [5.41, 5.74) is 3.10. The zero-order chi connectivity index (χ0) is 17.1. The minimum Gasteiger partial charge on any atom is -0.481 e. The van der Waals surface area contributed by atoms with E-state index in [9.17, 15) is 14.7 Å². The molecule has 1 fully saturated rings. The Hall–Kier alpha value is -2.62. The first-order valence-electron chi connectivity index (χ1n) is 8.15. The zero-order valence-electron chi connectivity index (χ0n) is 13.7. The van der Waals surface area contributed by atoms with Gasteiger partial charge in [0.1, 0.15) is 0 Å². The van der Waals surface area contributed by atoms with Gasteiger partial charge in [-0.2, -0.15) is 0 Å². The maximum absolute atomic E-state index is 12.6. The van der Waals surface area contributed by atoms with Crippen molar-refractivity contribution in [3.63, 3.8) is 0 Å². The van der Waals surface area contributed by atoms with Crippen molar-refractivity contribution >= 4 is 11.9 Å². The van der Waals surface area contributed by atoms with Crippen LogP contribution in [0.5, 0.6) is 0 Å². The molecule has 24 heavy (non-hydrogen) atoms. The van der Waals surface area contributed by atoms with Crippen LogP contribution in [0.2, 0.25) is 0 Å². The van der Waals surface area contributed by atoms with E-state index in [2.05, 4.69) is 0 Å². The number of rotatable bonds is 4. The Labute approximate surface area is 141 Å². The zero-order valence-corrected chi connectivity index (χ0v) is 13.7. The molecule has 0 bridgehead atoms. The Morgan fingerprint density at radius 3 is 2.33 bits per heavy atom. The molecule has 2 aromatic carbocycles. The Kier molecular flexibility index (Phi) is 4.65. The number of carbonyl (C=O) groups is 2. The van der Waals surface area contributed by atoms with Crippen LogP contribution in [-0.4, -0.2) is 35.0 Å². The highest BCUT2D eigenvalue weighted by atomic mass is 16.4. The third-order valence-corrected chi connectivity index (χ3v) is 4.69. The molecule has 2 unspecified atom stereocenters. The van der Waals surface area contributed by atoms with Gasteiger partial charge in [0, 0.05) is 19.0 Å². The van der Waals surface area contributed by atoms with Gasteiger partial charge in [0.05, 0.1) is 12.3 Å². The highest BCUT2D eigenvalue weighted by Crippen LogP contribution is 2.33.